The first kappa shape index (κ1) is 13.7. The maximum Gasteiger partial charge on any atom is 0.328 e. The van der Waals surface area contributed by atoms with Gasteiger partial charge in [-0.3, -0.25) is 4.79 Å². The summed E-state index contributed by atoms with van der Waals surface area (Å²) in [6.45, 7) is 0. The van der Waals surface area contributed by atoms with E-state index in [-0.39, 0.29) is 5.82 Å². The number of carboxylic acids is 1. The van der Waals surface area contributed by atoms with Crippen molar-refractivity contribution in [1.29, 1.82) is 0 Å². The predicted octanol–water partition coefficient (Wildman–Crippen LogP) is 3.32. The zero-order chi connectivity index (χ0) is 14.5. The van der Waals surface area contributed by atoms with Gasteiger partial charge in [-0.25, -0.2) is 9.18 Å². The summed E-state index contributed by atoms with van der Waals surface area (Å²) in [5.41, 5.74) is 1.46. The molecule has 0 aliphatic rings. The van der Waals surface area contributed by atoms with E-state index < -0.39 is 11.8 Å². The fraction of sp³-hybridized carbons (Fsp3) is 0. The van der Waals surface area contributed by atoms with Crippen molar-refractivity contribution in [2.24, 2.45) is 0 Å². The molecule has 0 spiro atoms. The number of aliphatic carboxylic acids is 1. The van der Waals surface area contributed by atoms with E-state index in [1.807, 2.05) is 0 Å². The van der Waals surface area contributed by atoms with E-state index in [1.165, 1.54) is 18.2 Å². The monoisotopic (exact) mass is 270 g/mol. The Morgan fingerprint density at radius 2 is 1.60 bits per heavy atom. The van der Waals surface area contributed by atoms with E-state index in [0.29, 0.717) is 16.7 Å². The standard InChI is InChI=1S/C16H11FO3/c17-14-4-2-1-3-13(14)11-5-7-12(8-6-11)15(18)9-10-16(19)20/h1-10H,(H,19,20)/b10-9+. The number of halogens is 1. The van der Waals surface area contributed by atoms with Gasteiger partial charge < -0.3 is 5.11 Å². The summed E-state index contributed by atoms with van der Waals surface area (Å²) in [5, 5.41) is 8.45. The Morgan fingerprint density at radius 3 is 2.20 bits per heavy atom. The second-order valence-electron chi connectivity index (χ2n) is 4.09. The van der Waals surface area contributed by atoms with Gasteiger partial charge in [0.05, 0.1) is 0 Å². The van der Waals surface area contributed by atoms with Gasteiger partial charge in [0.25, 0.3) is 0 Å². The lowest BCUT2D eigenvalue weighted by Crippen LogP contribution is -1.96. The summed E-state index contributed by atoms with van der Waals surface area (Å²) >= 11 is 0. The van der Waals surface area contributed by atoms with Crippen LogP contribution in [0.3, 0.4) is 0 Å². The van der Waals surface area contributed by atoms with Gasteiger partial charge in [-0.1, -0.05) is 42.5 Å². The first-order valence-corrected chi connectivity index (χ1v) is 5.88. The third-order valence-corrected chi connectivity index (χ3v) is 2.73. The molecule has 0 aliphatic carbocycles. The molecule has 2 aromatic carbocycles. The van der Waals surface area contributed by atoms with Crippen molar-refractivity contribution in [2.45, 2.75) is 0 Å². The number of rotatable bonds is 4. The minimum atomic E-state index is -1.18. The molecule has 0 aliphatic heterocycles. The molecule has 4 heteroatoms. The zero-order valence-electron chi connectivity index (χ0n) is 10.4. The van der Waals surface area contributed by atoms with Crippen molar-refractivity contribution < 1.29 is 19.1 Å². The van der Waals surface area contributed by atoms with Crippen LogP contribution < -0.4 is 0 Å². The fourth-order valence-electron chi connectivity index (χ4n) is 1.75. The molecule has 0 fully saturated rings. The van der Waals surface area contributed by atoms with Crippen molar-refractivity contribution in [1.82, 2.24) is 0 Å². The Morgan fingerprint density at radius 1 is 0.950 bits per heavy atom. The molecule has 0 amide bonds. The normalized spacial score (nSPS) is 10.7. The largest absolute Gasteiger partial charge is 0.478 e. The summed E-state index contributed by atoms with van der Waals surface area (Å²) in [6.07, 6.45) is 1.77. The minimum Gasteiger partial charge on any atom is -0.478 e. The van der Waals surface area contributed by atoms with Crippen LogP contribution in [-0.2, 0) is 4.79 Å². The van der Waals surface area contributed by atoms with Crippen LogP contribution in [0.5, 0.6) is 0 Å². The van der Waals surface area contributed by atoms with Crippen LogP contribution in [-0.4, -0.2) is 16.9 Å². The van der Waals surface area contributed by atoms with E-state index in [9.17, 15) is 14.0 Å². The fourth-order valence-corrected chi connectivity index (χ4v) is 1.75. The number of ketones is 1. The SMILES string of the molecule is O=C(O)/C=C/C(=O)c1ccc(-c2ccccc2F)cc1. The highest BCUT2D eigenvalue weighted by Crippen LogP contribution is 2.22. The molecular weight excluding hydrogens is 259 g/mol. The van der Waals surface area contributed by atoms with E-state index in [1.54, 1.807) is 30.3 Å². The lowest BCUT2D eigenvalue weighted by Gasteiger charge is -2.04. The molecular formula is C16H11FO3. The van der Waals surface area contributed by atoms with Crippen molar-refractivity contribution in [3.63, 3.8) is 0 Å². The molecule has 100 valence electrons. The highest BCUT2D eigenvalue weighted by Gasteiger charge is 2.06. The van der Waals surface area contributed by atoms with Gasteiger partial charge in [-0.05, 0) is 17.7 Å². The molecule has 0 aromatic heterocycles. The Kier molecular flexibility index (Phi) is 4.05. The highest BCUT2D eigenvalue weighted by molar-refractivity contribution is 6.07. The summed E-state index contributed by atoms with van der Waals surface area (Å²) in [7, 11) is 0. The topological polar surface area (TPSA) is 54.4 Å². The van der Waals surface area contributed by atoms with Gasteiger partial charge in [-0.15, -0.1) is 0 Å². The molecule has 0 unspecified atom stereocenters. The Bertz CT molecular complexity index is 672. The van der Waals surface area contributed by atoms with Gasteiger partial charge in [0.1, 0.15) is 5.82 Å². The third kappa shape index (κ3) is 3.17. The van der Waals surface area contributed by atoms with Crippen LogP contribution in [0.2, 0.25) is 0 Å². The van der Waals surface area contributed by atoms with E-state index in [4.69, 9.17) is 5.11 Å². The second-order valence-corrected chi connectivity index (χ2v) is 4.09. The molecule has 2 rings (SSSR count). The van der Waals surface area contributed by atoms with E-state index in [0.717, 1.165) is 12.2 Å². The van der Waals surface area contributed by atoms with Crippen LogP contribution in [0.25, 0.3) is 11.1 Å². The summed E-state index contributed by atoms with van der Waals surface area (Å²) in [5.74, 6) is -1.92. The van der Waals surface area contributed by atoms with Crippen molar-refractivity contribution in [2.75, 3.05) is 0 Å². The molecule has 0 saturated carbocycles. The summed E-state index contributed by atoms with van der Waals surface area (Å²) < 4.78 is 13.6. The number of hydrogen-bond donors (Lipinski definition) is 1. The molecule has 3 nitrogen and oxygen atoms in total. The lowest BCUT2D eigenvalue weighted by molar-refractivity contribution is -0.131. The molecule has 0 radical (unpaired) electrons. The molecule has 0 atom stereocenters. The third-order valence-electron chi connectivity index (χ3n) is 2.73. The maximum atomic E-state index is 13.6. The van der Waals surface area contributed by atoms with E-state index >= 15 is 0 Å². The highest BCUT2D eigenvalue weighted by atomic mass is 19.1. The second kappa shape index (κ2) is 5.93. The molecule has 0 bridgehead atoms. The van der Waals surface area contributed by atoms with Gasteiger partial charge in [-0.2, -0.15) is 0 Å². The van der Waals surface area contributed by atoms with Crippen LogP contribution >= 0.6 is 0 Å². The number of carbonyl (C=O) groups is 2. The van der Waals surface area contributed by atoms with E-state index in [2.05, 4.69) is 0 Å². The van der Waals surface area contributed by atoms with Gasteiger partial charge in [0.2, 0.25) is 0 Å². The smallest absolute Gasteiger partial charge is 0.328 e. The van der Waals surface area contributed by atoms with Crippen LogP contribution in [0.1, 0.15) is 10.4 Å². The van der Waals surface area contributed by atoms with Gasteiger partial charge >= 0.3 is 5.97 Å². The molecule has 1 N–H and O–H groups in total. The van der Waals surface area contributed by atoms with Crippen LogP contribution in [0.4, 0.5) is 4.39 Å². The van der Waals surface area contributed by atoms with Crippen molar-refractivity contribution >= 4 is 11.8 Å². The quantitative estimate of drug-likeness (QED) is 0.685. The maximum absolute atomic E-state index is 13.6. The summed E-state index contributed by atoms with van der Waals surface area (Å²) in [4.78, 5) is 22.0. The molecule has 20 heavy (non-hydrogen) atoms. The number of carbonyl (C=O) groups excluding carboxylic acids is 1. The average molecular weight is 270 g/mol. The first-order valence-electron chi connectivity index (χ1n) is 5.88. The lowest BCUT2D eigenvalue weighted by atomic mass is 10.0. The number of carboxylic acid groups (broad SMARTS) is 1. The Hall–Kier alpha value is -2.75. The molecule has 2 aromatic rings. The minimum absolute atomic E-state index is 0.336. The first-order chi connectivity index (χ1) is 9.58. The van der Waals surface area contributed by atoms with Gasteiger partial charge in [0.15, 0.2) is 5.78 Å². The summed E-state index contributed by atoms with van der Waals surface area (Å²) in [6, 6.07) is 12.7. The molecule has 0 saturated heterocycles. The Balaban J connectivity index is 2.25. The van der Waals surface area contributed by atoms with Crippen molar-refractivity contribution in [3.8, 4) is 11.1 Å². The number of allylic oxidation sites excluding steroid dienone is 1. The molecule has 0 heterocycles. The van der Waals surface area contributed by atoms with Crippen molar-refractivity contribution in [3.05, 3.63) is 72.1 Å². The van der Waals surface area contributed by atoms with Crippen LogP contribution in [0.15, 0.2) is 60.7 Å². The van der Waals surface area contributed by atoms with Gasteiger partial charge in [0, 0.05) is 17.2 Å². The predicted molar refractivity (Wildman–Crippen MR) is 72.9 cm³/mol. The average Bonchev–Trinajstić information content (AvgIpc) is 2.45. The van der Waals surface area contributed by atoms with Crippen LogP contribution in [0, 0.1) is 5.82 Å². The number of hydrogen-bond acceptors (Lipinski definition) is 2. The number of benzene rings is 2. The Labute approximate surface area is 115 Å². The zero-order valence-corrected chi connectivity index (χ0v) is 10.4.